The van der Waals surface area contributed by atoms with Crippen LogP contribution >= 0.6 is 0 Å². The number of nitrogens with zero attached hydrogens (tertiary/aromatic N) is 3. The van der Waals surface area contributed by atoms with Gasteiger partial charge in [0.15, 0.2) is 5.03 Å². The van der Waals surface area contributed by atoms with Crippen LogP contribution in [0.3, 0.4) is 0 Å². The van der Waals surface area contributed by atoms with Gasteiger partial charge < -0.3 is 9.64 Å². The summed E-state index contributed by atoms with van der Waals surface area (Å²) in [7, 11) is -3.87. The summed E-state index contributed by atoms with van der Waals surface area (Å²) in [5.41, 5.74) is -0.935. The topological polar surface area (TPSA) is 62.7 Å². The number of halogens is 3. The van der Waals surface area contributed by atoms with Gasteiger partial charge in [0.1, 0.15) is 0 Å². The highest BCUT2D eigenvalue weighted by Gasteiger charge is 2.55. The van der Waals surface area contributed by atoms with E-state index in [1.54, 1.807) is 0 Å². The average Bonchev–Trinajstić information content (AvgIpc) is 2.55. The molecule has 4 heterocycles. The van der Waals surface area contributed by atoms with Crippen molar-refractivity contribution in [2.75, 3.05) is 45.9 Å². The van der Waals surface area contributed by atoms with Gasteiger partial charge in [-0.05, 0) is 37.3 Å². The molecule has 0 radical (unpaired) electrons. The van der Waals surface area contributed by atoms with Crippen LogP contribution in [0.5, 0.6) is 0 Å². The van der Waals surface area contributed by atoms with Crippen molar-refractivity contribution >= 4 is 10.0 Å². The maximum atomic E-state index is 12.8. The highest BCUT2D eigenvalue weighted by molar-refractivity contribution is 7.89. The molecule has 10 heteroatoms. The number of sulfonamides is 1. The standard InChI is InChI=1S/C18H24F3N3O3S/c1-13-6-15(18(19,20)21)7-22-16(13)28(25,26)24-11-17(12-24)9-23(10-17)8-14-2-4-27-5-3-14/h6-7,14H,2-5,8-12H2,1H3. The second kappa shape index (κ2) is 6.93. The van der Waals surface area contributed by atoms with Gasteiger partial charge in [-0.2, -0.15) is 17.5 Å². The lowest BCUT2D eigenvalue weighted by molar-refractivity contribution is -0.137. The van der Waals surface area contributed by atoms with Crippen molar-refractivity contribution in [1.29, 1.82) is 0 Å². The highest BCUT2D eigenvalue weighted by atomic mass is 32.2. The molecule has 6 nitrogen and oxygen atoms in total. The van der Waals surface area contributed by atoms with E-state index >= 15 is 0 Å². The van der Waals surface area contributed by atoms with Gasteiger partial charge in [0, 0.05) is 57.5 Å². The Kier molecular flexibility index (Phi) is 4.96. The molecule has 28 heavy (non-hydrogen) atoms. The molecular formula is C18H24F3N3O3S. The third kappa shape index (κ3) is 3.67. The summed E-state index contributed by atoms with van der Waals surface area (Å²) in [6.07, 6.45) is -1.80. The molecule has 0 aliphatic carbocycles. The average molecular weight is 419 g/mol. The molecule has 1 aromatic rings. The lowest BCUT2D eigenvalue weighted by Crippen LogP contribution is -2.73. The maximum Gasteiger partial charge on any atom is 0.417 e. The Hall–Kier alpha value is -1.23. The van der Waals surface area contributed by atoms with Crippen molar-refractivity contribution in [2.45, 2.75) is 31.0 Å². The number of hydrogen-bond acceptors (Lipinski definition) is 5. The first kappa shape index (κ1) is 20.1. The van der Waals surface area contributed by atoms with Gasteiger partial charge >= 0.3 is 6.18 Å². The first-order valence-corrected chi connectivity index (χ1v) is 10.9. The number of pyridine rings is 1. The first-order chi connectivity index (χ1) is 13.1. The van der Waals surface area contributed by atoms with Crippen molar-refractivity contribution < 1.29 is 26.3 Å². The van der Waals surface area contributed by atoms with Crippen LogP contribution in [0, 0.1) is 18.3 Å². The summed E-state index contributed by atoms with van der Waals surface area (Å²) in [5, 5.41) is -0.284. The minimum atomic E-state index is -4.54. The molecular weight excluding hydrogens is 395 g/mol. The molecule has 4 rings (SSSR count). The van der Waals surface area contributed by atoms with Gasteiger partial charge in [-0.3, -0.25) is 0 Å². The summed E-state index contributed by atoms with van der Waals surface area (Å²) < 4.78 is 70.6. The van der Waals surface area contributed by atoms with Crippen LogP contribution in [0.1, 0.15) is 24.0 Å². The Morgan fingerprint density at radius 1 is 1.21 bits per heavy atom. The summed E-state index contributed by atoms with van der Waals surface area (Å²) in [4.78, 5) is 5.99. The van der Waals surface area contributed by atoms with Gasteiger partial charge in [0.05, 0.1) is 5.56 Å². The first-order valence-electron chi connectivity index (χ1n) is 9.43. The van der Waals surface area contributed by atoms with Gasteiger partial charge in [0.2, 0.25) is 0 Å². The second-order valence-corrected chi connectivity index (χ2v) is 10.2. The minimum absolute atomic E-state index is 0.0158. The van der Waals surface area contributed by atoms with E-state index in [0.717, 1.165) is 51.8 Å². The summed E-state index contributed by atoms with van der Waals surface area (Å²) in [6, 6.07) is 0.842. The Bertz CT molecular complexity index is 839. The number of ether oxygens (including phenoxy) is 1. The van der Waals surface area contributed by atoms with E-state index in [0.29, 0.717) is 25.2 Å². The van der Waals surface area contributed by atoms with Crippen LogP contribution in [-0.2, 0) is 20.9 Å². The van der Waals surface area contributed by atoms with Crippen LogP contribution in [0.25, 0.3) is 0 Å². The molecule has 0 saturated carbocycles. The predicted octanol–water partition coefficient (Wildman–Crippen LogP) is 2.14. The second-order valence-electron chi connectivity index (χ2n) is 8.34. The number of hydrogen-bond donors (Lipinski definition) is 0. The van der Waals surface area contributed by atoms with E-state index in [-0.39, 0.29) is 16.0 Å². The molecule has 0 unspecified atom stereocenters. The molecule has 156 valence electrons. The van der Waals surface area contributed by atoms with E-state index in [4.69, 9.17) is 4.74 Å². The molecule has 3 aliphatic heterocycles. The van der Waals surface area contributed by atoms with Crippen molar-refractivity contribution in [3.05, 3.63) is 23.4 Å². The van der Waals surface area contributed by atoms with Crippen molar-refractivity contribution in [2.24, 2.45) is 11.3 Å². The molecule has 3 saturated heterocycles. The zero-order valence-electron chi connectivity index (χ0n) is 15.7. The van der Waals surface area contributed by atoms with Crippen molar-refractivity contribution in [3.63, 3.8) is 0 Å². The largest absolute Gasteiger partial charge is 0.417 e. The van der Waals surface area contributed by atoms with E-state index in [1.807, 2.05) is 0 Å². The molecule has 0 N–H and O–H groups in total. The Balaban J connectivity index is 1.35. The number of likely N-dealkylation sites (tertiary alicyclic amines) is 1. The van der Waals surface area contributed by atoms with Gasteiger partial charge in [0.25, 0.3) is 10.0 Å². The zero-order valence-corrected chi connectivity index (χ0v) is 16.5. The van der Waals surface area contributed by atoms with E-state index in [2.05, 4.69) is 9.88 Å². The molecule has 0 amide bonds. The molecule has 0 bridgehead atoms. The van der Waals surface area contributed by atoms with Crippen LogP contribution in [-0.4, -0.2) is 68.5 Å². The quantitative estimate of drug-likeness (QED) is 0.748. The predicted molar refractivity (Wildman–Crippen MR) is 95.2 cm³/mol. The molecule has 0 aromatic carbocycles. The zero-order chi connectivity index (χ0) is 20.2. The highest BCUT2D eigenvalue weighted by Crippen LogP contribution is 2.43. The van der Waals surface area contributed by atoms with E-state index in [1.165, 1.54) is 11.2 Å². The van der Waals surface area contributed by atoms with Gasteiger partial charge in [-0.15, -0.1) is 0 Å². The minimum Gasteiger partial charge on any atom is -0.381 e. The molecule has 0 atom stereocenters. The van der Waals surface area contributed by atoms with E-state index in [9.17, 15) is 21.6 Å². The maximum absolute atomic E-state index is 12.8. The van der Waals surface area contributed by atoms with Gasteiger partial charge in [-0.25, -0.2) is 13.4 Å². The summed E-state index contributed by atoms with van der Waals surface area (Å²) in [5.74, 6) is 0.644. The SMILES string of the molecule is Cc1cc(C(F)(F)F)cnc1S(=O)(=O)N1CC2(CN(CC3CCOCC3)C2)C1. The number of aryl methyl sites for hydroxylation is 1. The number of alkyl halides is 3. The van der Waals surface area contributed by atoms with Crippen LogP contribution in [0.15, 0.2) is 17.3 Å². The monoisotopic (exact) mass is 419 g/mol. The lowest BCUT2D eigenvalue weighted by atomic mass is 9.74. The molecule has 3 fully saturated rings. The fourth-order valence-corrected chi connectivity index (χ4v) is 6.29. The van der Waals surface area contributed by atoms with Crippen molar-refractivity contribution in [1.82, 2.24) is 14.2 Å². The van der Waals surface area contributed by atoms with Crippen molar-refractivity contribution in [3.8, 4) is 0 Å². The molecule has 3 aliphatic rings. The number of rotatable bonds is 4. The normalized spacial score (nSPS) is 24.1. The fourth-order valence-electron chi connectivity index (χ4n) is 4.51. The Morgan fingerprint density at radius 3 is 2.43 bits per heavy atom. The lowest BCUT2D eigenvalue weighted by Gasteiger charge is -2.60. The molecule has 1 aromatic heterocycles. The van der Waals surface area contributed by atoms with Crippen LogP contribution in [0.4, 0.5) is 13.2 Å². The number of aromatic nitrogens is 1. The van der Waals surface area contributed by atoms with Crippen LogP contribution < -0.4 is 0 Å². The van der Waals surface area contributed by atoms with Gasteiger partial charge in [-0.1, -0.05) is 0 Å². The smallest absolute Gasteiger partial charge is 0.381 e. The Labute approximate surface area is 162 Å². The summed E-state index contributed by atoms with van der Waals surface area (Å²) in [6.45, 7) is 6.56. The fraction of sp³-hybridized carbons (Fsp3) is 0.722. The molecule has 1 spiro atoms. The Morgan fingerprint density at radius 2 is 1.86 bits per heavy atom. The third-order valence-electron chi connectivity index (χ3n) is 5.94. The van der Waals surface area contributed by atoms with E-state index < -0.39 is 21.8 Å². The summed E-state index contributed by atoms with van der Waals surface area (Å²) >= 11 is 0. The third-order valence-corrected chi connectivity index (χ3v) is 7.79. The van der Waals surface area contributed by atoms with Crippen LogP contribution in [0.2, 0.25) is 0 Å².